The number of para-hydroxylation sites is 1. The monoisotopic (exact) mass is 429 g/mol. The molecule has 0 bridgehead atoms. The number of hydrogen-bond acceptors (Lipinski definition) is 5. The lowest BCUT2D eigenvalue weighted by atomic mass is 10.1. The summed E-state index contributed by atoms with van der Waals surface area (Å²) >= 11 is 1.11. The Kier molecular flexibility index (Phi) is 3.81. The minimum atomic E-state index is -0.216. The van der Waals surface area contributed by atoms with Crippen LogP contribution in [-0.4, -0.2) is 34.7 Å². The van der Waals surface area contributed by atoms with Crippen LogP contribution in [0.3, 0.4) is 0 Å². The molecule has 2 N–H and O–H groups in total. The number of thiophene rings is 1. The molecule has 0 saturated heterocycles. The van der Waals surface area contributed by atoms with Gasteiger partial charge >= 0.3 is 0 Å². The minimum absolute atomic E-state index is 0.216. The first-order chi connectivity index (χ1) is 15.1. The first-order valence-corrected chi connectivity index (χ1v) is 10.5. The first kappa shape index (κ1) is 18.0. The second kappa shape index (κ2) is 6.58. The standard InChI is InChI=1S/C22H16FN7S/c1-11-24-10-17(30(11)2)15-8-13-16(9-25-15)28-29-21(13)22-26-14-5-3-4-12(20(14)27-22)18-6-7-19(23)31-18/h3-10H,1-2H3,(H,26,27)(H,28,29). The van der Waals surface area contributed by atoms with Crippen molar-refractivity contribution in [2.45, 2.75) is 6.92 Å². The van der Waals surface area contributed by atoms with Crippen molar-refractivity contribution < 1.29 is 4.39 Å². The van der Waals surface area contributed by atoms with Crippen LogP contribution in [0.15, 0.2) is 48.8 Å². The molecule has 0 unspecified atom stereocenters. The van der Waals surface area contributed by atoms with Crippen molar-refractivity contribution in [1.82, 2.24) is 34.7 Å². The van der Waals surface area contributed by atoms with Gasteiger partial charge in [0.15, 0.2) is 11.0 Å². The molecule has 5 heterocycles. The van der Waals surface area contributed by atoms with E-state index in [0.717, 1.165) is 60.9 Å². The Bertz CT molecular complexity index is 1590. The van der Waals surface area contributed by atoms with E-state index in [1.165, 1.54) is 6.07 Å². The van der Waals surface area contributed by atoms with Crippen LogP contribution in [0.5, 0.6) is 0 Å². The van der Waals surface area contributed by atoms with Crippen LogP contribution in [0.4, 0.5) is 4.39 Å². The van der Waals surface area contributed by atoms with E-state index in [2.05, 4.69) is 25.1 Å². The van der Waals surface area contributed by atoms with E-state index in [0.29, 0.717) is 11.5 Å². The van der Waals surface area contributed by atoms with Crippen molar-refractivity contribution in [3.05, 3.63) is 59.7 Å². The second-order valence-electron chi connectivity index (χ2n) is 7.33. The maximum Gasteiger partial charge on any atom is 0.176 e. The molecular weight excluding hydrogens is 413 g/mol. The predicted molar refractivity (Wildman–Crippen MR) is 119 cm³/mol. The number of benzene rings is 1. The highest BCUT2D eigenvalue weighted by Crippen LogP contribution is 2.34. The molecule has 0 fully saturated rings. The summed E-state index contributed by atoms with van der Waals surface area (Å²) in [6.07, 6.45) is 3.59. The second-order valence-corrected chi connectivity index (χ2v) is 8.36. The van der Waals surface area contributed by atoms with Crippen molar-refractivity contribution in [2.24, 2.45) is 7.05 Å². The smallest absolute Gasteiger partial charge is 0.176 e. The third-order valence-corrected chi connectivity index (χ3v) is 6.41. The molecule has 9 heteroatoms. The maximum atomic E-state index is 13.6. The molecule has 152 valence electrons. The molecule has 0 aliphatic carbocycles. The van der Waals surface area contributed by atoms with Crippen LogP contribution >= 0.6 is 11.3 Å². The number of nitrogens with one attached hydrogen (secondary N) is 2. The van der Waals surface area contributed by atoms with Gasteiger partial charge in [0.1, 0.15) is 11.5 Å². The lowest BCUT2D eigenvalue weighted by Gasteiger charge is -2.03. The lowest BCUT2D eigenvalue weighted by Crippen LogP contribution is -1.95. The molecule has 5 aromatic heterocycles. The van der Waals surface area contributed by atoms with Crippen LogP contribution < -0.4 is 0 Å². The van der Waals surface area contributed by atoms with Crippen molar-refractivity contribution in [1.29, 1.82) is 0 Å². The number of hydrogen-bond donors (Lipinski definition) is 2. The van der Waals surface area contributed by atoms with Crippen molar-refractivity contribution >= 4 is 33.3 Å². The van der Waals surface area contributed by atoms with Gasteiger partial charge in [-0.3, -0.25) is 10.1 Å². The van der Waals surface area contributed by atoms with E-state index in [1.807, 2.05) is 49.0 Å². The van der Waals surface area contributed by atoms with Gasteiger partial charge < -0.3 is 9.55 Å². The predicted octanol–water partition coefficient (Wildman–Crippen LogP) is 5.08. The number of aryl methyl sites for hydroxylation is 1. The van der Waals surface area contributed by atoms with E-state index in [9.17, 15) is 4.39 Å². The fourth-order valence-electron chi connectivity index (χ4n) is 3.78. The van der Waals surface area contributed by atoms with Gasteiger partial charge in [-0.05, 0) is 31.2 Å². The average Bonchev–Trinajstić information content (AvgIpc) is 3.54. The zero-order chi connectivity index (χ0) is 21.1. The van der Waals surface area contributed by atoms with Crippen LogP contribution in [-0.2, 0) is 7.05 Å². The maximum absolute atomic E-state index is 13.6. The summed E-state index contributed by atoms with van der Waals surface area (Å²) in [7, 11) is 1.97. The van der Waals surface area contributed by atoms with Gasteiger partial charge in [0.2, 0.25) is 0 Å². The quantitative estimate of drug-likeness (QED) is 0.411. The van der Waals surface area contributed by atoms with Gasteiger partial charge in [-0.1, -0.05) is 12.1 Å². The zero-order valence-electron chi connectivity index (χ0n) is 16.6. The molecule has 0 atom stereocenters. The fraction of sp³-hybridized carbons (Fsp3) is 0.0909. The summed E-state index contributed by atoms with van der Waals surface area (Å²) in [5.41, 5.74) is 5.81. The number of nitrogens with zero attached hydrogens (tertiary/aromatic N) is 5. The van der Waals surface area contributed by atoms with Gasteiger partial charge in [0.25, 0.3) is 0 Å². The average molecular weight is 429 g/mol. The number of halogens is 1. The summed E-state index contributed by atoms with van der Waals surface area (Å²) in [5.74, 6) is 1.56. The lowest BCUT2D eigenvalue weighted by molar-refractivity contribution is 0.657. The highest BCUT2D eigenvalue weighted by Gasteiger charge is 2.17. The fourth-order valence-corrected chi connectivity index (χ4v) is 4.54. The Morgan fingerprint density at radius 1 is 1.06 bits per heavy atom. The summed E-state index contributed by atoms with van der Waals surface area (Å²) in [5, 5.41) is 8.22. The molecule has 1 aromatic carbocycles. The van der Waals surface area contributed by atoms with Crippen LogP contribution in [0.1, 0.15) is 5.82 Å². The normalized spacial score (nSPS) is 11.7. The van der Waals surface area contributed by atoms with Crippen LogP contribution in [0.2, 0.25) is 0 Å². The Balaban J connectivity index is 1.52. The number of fused-ring (bicyclic) bond motifs is 2. The summed E-state index contributed by atoms with van der Waals surface area (Å²) < 4.78 is 15.6. The summed E-state index contributed by atoms with van der Waals surface area (Å²) in [4.78, 5) is 17.9. The van der Waals surface area contributed by atoms with Gasteiger partial charge in [0, 0.05) is 22.9 Å². The zero-order valence-corrected chi connectivity index (χ0v) is 17.5. The molecule has 6 aromatic rings. The van der Waals surface area contributed by atoms with E-state index in [4.69, 9.17) is 4.98 Å². The molecule has 0 amide bonds. The Morgan fingerprint density at radius 3 is 2.74 bits per heavy atom. The molecule has 7 nitrogen and oxygen atoms in total. The highest BCUT2D eigenvalue weighted by atomic mass is 32.1. The third kappa shape index (κ3) is 2.77. The molecule has 0 aliphatic heterocycles. The largest absolute Gasteiger partial charge is 0.337 e. The SMILES string of the molecule is Cc1ncc(-c2cc3c(-c4nc5c(-c6ccc(F)s6)cccc5[nH]4)n[nH]c3cn2)n1C. The summed E-state index contributed by atoms with van der Waals surface area (Å²) in [6, 6.07) is 11.1. The van der Waals surface area contributed by atoms with Crippen molar-refractivity contribution in [2.75, 3.05) is 0 Å². The molecule has 31 heavy (non-hydrogen) atoms. The van der Waals surface area contributed by atoms with Gasteiger partial charge in [-0.2, -0.15) is 9.49 Å². The van der Waals surface area contributed by atoms with Gasteiger partial charge in [-0.25, -0.2) is 9.97 Å². The number of pyridine rings is 1. The van der Waals surface area contributed by atoms with Gasteiger partial charge in [-0.15, -0.1) is 11.3 Å². The molecule has 0 radical (unpaired) electrons. The molecule has 0 aliphatic rings. The molecule has 6 rings (SSSR count). The third-order valence-electron chi connectivity index (χ3n) is 5.51. The van der Waals surface area contributed by atoms with Crippen molar-refractivity contribution in [3.8, 4) is 33.3 Å². The van der Waals surface area contributed by atoms with E-state index >= 15 is 0 Å². The first-order valence-electron chi connectivity index (χ1n) is 9.66. The minimum Gasteiger partial charge on any atom is -0.337 e. The van der Waals surface area contributed by atoms with E-state index in [-0.39, 0.29) is 5.13 Å². The van der Waals surface area contributed by atoms with E-state index in [1.54, 1.807) is 12.3 Å². The summed E-state index contributed by atoms with van der Waals surface area (Å²) in [6.45, 7) is 1.96. The molecule has 0 spiro atoms. The van der Waals surface area contributed by atoms with Crippen LogP contribution in [0, 0.1) is 12.1 Å². The topological polar surface area (TPSA) is 88.1 Å². The van der Waals surface area contributed by atoms with Gasteiger partial charge in [0.05, 0.1) is 40.3 Å². The number of aromatic amines is 2. The number of aromatic nitrogens is 7. The number of imidazole rings is 2. The van der Waals surface area contributed by atoms with Crippen molar-refractivity contribution in [3.63, 3.8) is 0 Å². The Hall–Kier alpha value is -3.85. The molecule has 0 saturated carbocycles. The molecular formula is C22H16FN7S. The number of rotatable bonds is 3. The Labute approximate surface area is 179 Å². The number of H-pyrrole nitrogens is 2. The van der Waals surface area contributed by atoms with E-state index < -0.39 is 0 Å². The Morgan fingerprint density at radius 2 is 1.97 bits per heavy atom. The highest BCUT2D eigenvalue weighted by molar-refractivity contribution is 7.14. The van der Waals surface area contributed by atoms with Crippen LogP contribution in [0.25, 0.3) is 55.3 Å².